The molecule has 1 saturated heterocycles. The van der Waals surface area contributed by atoms with Crippen molar-refractivity contribution in [2.45, 2.75) is 12.5 Å². The van der Waals surface area contributed by atoms with E-state index in [1.165, 1.54) is 6.07 Å². The van der Waals surface area contributed by atoms with Crippen molar-refractivity contribution >= 4 is 11.4 Å². The summed E-state index contributed by atoms with van der Waals surface area (Å²) in [7, 11) is 0. The fourth-order valence-corrected chi connectivity index (χ4v) is 2.00. The third-order valence-corrected chi connectivity index (χ3v) is 2.93. The predicted molar refractivity (Wildman–Crippen MR) is 64.5 cm³/mol. The Morgan fingerprint density at radius 3 is 3.06 bits per heavy atom. The smallest absolute Gasteiger partial charge is 0.146 e. The molecule has 0 bridgehead atoms. The highest BCUT2D eigenvalue weighted by Gasteiger charge is 2.20. The molecule has 0 amide bonds. The number of nitrogens with zero attached hydrogens (tertiary/aromatic N) is 1. The van der Waals surface area contributed by atoms with Crippen LogP contribution >= 0.6 is 0 Å². The zero-order valence-electron chi connectivity index (χ0n) is 9.60. The lowest BCUT2D eigenvalue weighted by Gasteiger charge is -2.34. The number of nitrogens with two attached hydrogens (primary N) is 1. The van der Waals surface area contributed by atoms with Crippen LogP contribution in [0.25, 0.3) is 0 Å². The summed E-state index contributed by atoms with van der Waals surface area (Å²) in [5, 5.41) is 8.89. The van der Waals surface area contributed by atoms with Crippen LogP contribution in [0.3, 0.4) is 0 Å². The van der Waals surface area contributed by atoms with Gasteiger partial charge in [0.05, 0.1) is 18.4 Å². The van der Waals surface area contributed by atoms with Crippen molar-refractivity contribution in [2.24, 2.45) is 0 Å². The van der Waals surface area contributed by atoms with Crippen LogP contribution in [0.15, 0.2) is 18.2 Å². The first kappa shape index (κ1) is 12.1. The molecular weight excluding hydrogens is 223 g/mol. The molecule has 3 N–H and O–H groups in total. The minimum absolute atomic E-state index is 0.0278. The number of nitrogen functional groups attached to an aromatic ring is 1. The van der Waals surface area contributed by atoms with Gasteiger partial charge >= 0.3 is 0 Å². The SMILES string of the molecule is Nc1cc(N2CCO[C@@H](CCO)C2)ccc1F. The molecule has 1 heterocycles. The lowest BCUT2D eigenvalue weighted by Crippen LogP contribution is -2.42. The molecule has 0 saturated carbocycles. The largest absolute Gasteiger partial charge is 0.396 e. The van der Waals surface area contributed by atoms with Crippen LogP contribution in [0.4, 0.5) is 15.8 Å². The molecule has 94 valence electrons. The van der Waals surface area contributed by atoms with Gasteiger partial charge in [0, 0.05) is 25.4 Å². The molecule has 4 nitrogen and oxygen atoms in total. The summed E-state index contributed by atoms with van der Waals surface area (Å²) in [5.74, 6) is -0.395. The molecule has 1 atom stereocenters. The Balaban J connectivity index is 2.08. The molecule has 2 rings (SSSR count). The minimum atomic E-state index is -0.395. The number of morpholine rings is 1. The van der Waals surface area contributed by atoms with Crippen molar-refractivity contribution in [1.82, 2.24) is 0 Å². The summed E-state index contributed by atoms with van der Waals surface area (Å²) in [6, 6.07) is 4.73. The fourth-order valence-electron chi connectivity index (χ4n) is 2.00. The first-order chi connectivity index (χ1) is 8.20. The molecule has 1 fully saturated rings. The first-order valence-electron chi connectivity index (χ1n) is 5.73. The van der Waals surface area contributed by atoms with Crippen LogP contribution in [-0.4, -0.2) is 37.5 Å². The molecule has 17 heavy (non-hydrogen) atoms. The second-order valence-corrected chi connectivity index (χ2v) is 4.16. The van der Waals surface area contributed by atoms with Crippen molar-refractivity contribution in [3.8, 4) is 0 Å². The summed E-state index contributed by atoms with van der Waals surface area (Å²) < 4.78 is 18.6. The number of rotatable bonds is 3. The zero-order chi connectivity index (χ0) is 12.3. The molecule has 0 aromatic heterocycles. The average molecular weight is 240 g/mol. The maximum absolute atomic E-state index is 13.1. The van der Waals surface area contributed by atoms with Gasteiger partial charge in [0.25, 0.3) is 0 Å². The Morgan fingerprint density at radius 2 is 2.35 bits per heavy atom. The van der Waals surface area contributed by atoms with E-state index in [-0.39, 0.29) is 18.4 Å². The van der Waals surface area contributed by atoms with E-state index >= 15 is 0 Å². The lowest BCUT2D eigenvalue weighted by atomic mass is 10.2. The highest BCUT2D eigenvalue weighted by Crippen LogP contribution is 2.22. The number of aliphatic hydroxyl groups is 1. The summed E-state index contributed by atoms with van der Waals surface area (Å²) in [6.07, 6.45) is 0.646. The van der Waals surface area contributed by atoms with Gasteiger partial charge in [0.1, 0.15) is 5.82 Å². The van der Waals surface area contributed by atoms with Crippen LogP contribution in [0.1, 0.15) is 6.42 Å². The predicted octanol–water partition coefficient (Wildman–Crippen LogP) is 0.996. The number of aliphatic hydroxyl groups excluding tert-OH is 1. The van der Waals surface area contributed by atoms with Gasteiger partial charge in [-0.05, 0) is 24.6 Å². The van der Waals surface area contributed by atoms with Crippen LogP contribution in [-0.2, 0) is 4.74 Å². The summed E-state index contributed by atoms with van der Waals surface area (Å²) in [4.78, 5) is 2.10. The van der Waals surface area contributed by atoms with Crippen molar-refractivity contribution in [3.63, 3.8) is 0 Å². The summed E-state index contributed by atoms with van der Waals surface area (Å²) >= 11 is 0. The molecule has 0 unspecified atom stereocenters. The van der Waals surface area contributed by atoms with E-state index in [1.54, 1.807) is 12.1 Å². The van der Waals surface area contributed by atoms with E-state index in [9.17, 15) is 4.39 Å². The molecule has 1 aliphatic heterocycles. The van der Waals surface area contributed by atoms with Gasteiger partial charge in [0.15, 0.2) is 0 Å². The number of hydrogen-bond acceptors (Lipinski definition) is 4. The second-order valence-electron chi connectivity index (χ2n) is 4.16. The van der Waals surface area contributed by atoms with Crippen molar-refractivity contribution in [3.05, 3.63) is 24.0 Å². The normalized spacial score (nSPS) is 20.6. The molecule has 1 aromatic carbocycles. The van der Waals surface area contributed by atoms with Gasteiger partial charge in [-0.2, -0.15) is 0 Å². The van der Waals surface area contributed by atoms with Crippen molar-refractivity contribution in [1.29, 1.82) is 0 Å². The molecule has 0 radical (unpaired) electrons. The van der Waals surface area contributed by atoms with Crippen LogP contribution < -0.4 is 10.6 Å². The Morgan fingerprint density at radius 1 is 1.53 bits per heavy atom. The van der Waals surface area contributed by atoms with Crippen LogP contribution in [0.5, 0.6) is 0 Å². The highest BCUT2D eigenvalue weighted by atomic mass is 19.1. The van der Waals surface area contributed by atoms with Gasteiger partial charge in [-0.3, -0.25) is 0 Å². The van der Waals surface area contributed by atoms with Gasteiger partial charge in [-0.25, -0.2) is 4.39 Å². The van der Waals surface area contributed by atoms with E-state index in [4.69, 9.17) is 15.6 Å². The van der Waals surface area contributed by atoms with Crippen molar-refractivity contribution < 1.29 is 14.2 Å². The zero-order valence-corrected chi connectivity index (χ0v) is 9.60. The molecule has 1 aliphatic rings. The molecule has 0 aliphatic carbocycles. The van der Waals surface area contributed by atoms with E-state index in [2.05, 4.69) is 4.90 Å². The Labute approximate surface area is 99.8 Å². The van der Waals surface area contributed by atoms with Gasteiger partial charge in [0.2, 0.25) is 0 Å². The van der Waals surface area contributed by atoms with Gasteiger partial charge in [-0.15, -0.1) is 0 Å². The minimum Gasteiger partial charge on any atom is -0.396 e. The third-order valence-electron chi connectivity index (χ3n) is 2.93. The van der Waals surface area contributed by atoms with Crippen LogP contribution in [0, 0.1) is 5.82 Å². The Bertz CT molecular complexity index is 385. The third kappa shape index (κ3) is 2.87. The topological polar surface area (TPSA) is 58.7 Å². The number of anilines is 2. The van der Waals surface area contributed by atoms with E-state index in [0.29, 0.717) is 19.6 Å². The fraction of sp³-hybridized carbons (Fsp3) is 0.500. The standard InChI is InChI=1S/C12H17FN2O2/c13-11-2-1-9(7-12(11)14)15-4-6-17-10(8-15)3-5-16/h1-2,7,10,16H,3-6,8,14H2/t10-/m0/s1. The van der Waals surface area contributed by atoms with Crippen LogP contribution in [0.2, 0.25) is 0 Å². The summed E-state index contributed by atoms with van der Waals surface area (Å²) in [5.41, 5.74) is 6.61. The molecule has 1 aromatic rings. The number of hydrogen-bond donors (Lipinski definition) is 2. The summed E-state index contributed by atoms with van der Waals surface area (Å²) in [6.45, 7) is 2.19. The van der Waals surface area contributed by atoms with E-state index < -0.39 is 5.82 Å². The Hall–Kier alpha value is -1.33. The molecular formula is C12H17FN2O2. The van der Waals surface area contributed by atoms with Crippen molar-refractivity contribution in [2.75, 3.05) is 36.9 Å². The maximum atomic E-state index is 13.1. The van der Waals surface area contributed by atoms with E-state index in [1.807, 2.05) is 0 Å². The monoisotopic (exact) mass is 240 g/mol. The lowest BCUT2D eigenvalue weighted by molar-refractivity contribution is 0.0247. The van der Waals surface area contributed by atoms with Gasteiger partial charge < -0.3 is 20.5 Å². The van der Waals surface area contributed by atoms with E-state index in [0.717, 1.165) is 12.2 Å². The number of ether oxygens (including phenoxy) is 1. The first-order valence-corrected chi connectivity index (χ1v) is 5.73. The second kappa shape index (κ2) is 5.33. The Kier molecular flexibility index (Phi) is 3.81. The number of halogens is 1. The molecule has 5 heteroatoms. The highest BCUT2D eigenvalue weighted by molar-refractivity contribution is 5.57. The maximum Gasteiger partial charge on any atom is 0.146 e. The molecule has 0 spiro atoms. The van der Waals surface area contributed by atoms with Gasteiger partial charge in [-0.1, -0.05) is 0 Å². The quantitative estimate of drug-likeness (QED) is 0.774. The number of benzene rings is 1. The average Bonchev–Trinajstić information content (AvgIpc) is 2.33.